The Kier molecular flexibility index (Phi) is 6.28. The van der Waals surface area contributed by atoms with E-state index in [9.17, 15) is 4.79 Å². The van der Waals surface area contributed by atoms with E-state index in [1.54, 1.807) is 6.08 Å². The highest BCUT2D eigenvalue weighted by Gasteiger charge is 2.30. The van der Waals surface area contributed by atoms with Crippen LogP contribution in [0, 0.1) is 0 Å². The smallest absolute Gasteiger partial charge is 0.246 e. The minimum absolute atomic E-state index is 0.00757. The van der Waals surface area contributed by atoms with Crippen LogP contribution >= 0.6 is 0 Å². The summed E-state index contributed by atoms with van der Waals surface area (Å²) in [5, 5.41) is 9.05. The van der Waals surface area contributed by atoms with Gasteiger partial charge in [0, 0.05) is 37.3 Å². The second kappa shape index (κ2) is 10.0. The quantitative estimate of drug-likeness (QED) is 0.356. The van der Waals surface area contributed by atoms with Gasteiger partial charge in [0.1, 0.15) is 29.3 Å². The highest BCUT2D eigenvalue weighted by atomic mass is 16.5. The maximum atomic E-state index is 12.7. The Balaban J connectivity index is 1.22. The van der Waals surface area contributed by atoms with Crippen LogP contribution in [0.2, 0.25) is 0 Å². The van der Waals surface area contributed by atoms with Crippen LogP contribution in [0.25, 0.3) is 22.3 Å². The number of hydrogen-bond donors (Lipinski definition) is 2. The van der Waals surface area contributed by atoms with Crippen molar-refractivity contribution in [2.45, 2.75) is 31.3 Å². The van der Waals surface area contributed by atoms with Gasteiger partial charge >= 0.3 is 0 Å². The fourth-order valence-electron chi connectivity index (χ4n) is 4.69. The molecule has 0 spiro atoms. The van der Waals surface area contributed by atoms with E-state index in [1.807, 2.05) is 70.3 Å². The van der Waals surface area contributed by atoms with Gasteiger partial charge in [-0.2, -0.15) is 5.10 Å². The minimum atomic E-state index is 0.00757. The van der Waals surface area contributed by atoms with Gasteiger partial charge in [0.15, 0.2) is 5.65 Å². The van der Waals surface area contributed by atoms with Crippen molar-refractivity contribution in [2.75, 3.05) is 25.4 Å². The third-order valence-corrected chi connectivity index (χ3v) is 6.81. The number of ether oxygens (including phenoxy) is 1. The molecule has 1 aliphatic carbocycles. The van der Waals surface area contributed by atoms with E-state index >= 15 is 0 Å². The molecule has 9 nitrogen and oxygen atoms in total. The molecule has 1 unspecified atom stereocenters. The fraction of sp³-hybridized carbons (Fsp3) is 0.286. The number of carbonyl (C=O) groups is 1. The molecule has 2 aromatic heterocycles. The fourth-order valence-corrected chi connectivity index (χ4v) is 4.69. The van der Waals surface area contributed by atoms with Crippen LogP contribution in [0.5, 0.6) is 11.5 Å². The van der Waals surface area contributed by atoms with Gasteiger partial charge in [-0.05, 0) is 55.7 Å². The number of nitrogens with one attached hydrogen (secondary N) is 1. The lowest BCUT2D eigenvalue weighted by atomic mass is 10.1. The molecule has 9 heteroatoms. The number of para-hydroxylation sites is 1. The van der Waals surface area contributed by atoms with Gasteiger partial charge in [-0.15, -0.1) is 0 Å². The molecule has 6 rings (SSSR count). The van der Waals surface area contributed by atoms with E-state index in [-0.39, 0.29) is 11.9 Å². The van der Waals surface area contributed by atoms with Crippen molar-refractivity contribution in [1.82, 2.24) is 30.0 Å². The first-order chi connectivity index (χ1) is 18.2. The van der Waals surface area contributed by atoms with Crippen molar-refractivity contribution in [3.63, 3.8) is 0 Å². The average molecular weight is 496 g/mol. The predicted molar refractivity (Wildman–Crippen MR) is 142 cm³/mol. The first-order valence-electron chi connectivity index (χ1n) is 12.7. The van der Waals surface area contributed by atoms with E-state index in [2.05, 4.69) is 15.3 Å². The van der Waals surface area contributed by atoms with Crippen molar-refractivity contribution in [3.8, 4) is 22.8 Å². The molecule has 2 aromatic carbocycles. The predicted octanol–water partition coefficient (Wildman–Crippen LogP) is 3.95. The Labute approximate surface area is 215 Å². The van der Waals surface area contributed by atoms with Crippen LogP contribution in [-0.2, 0) is 4.79 Å². The van der Waals surface area contributed by atoms with Crippen molar-refractivity contribution < 1.29 is 9.53 Å². The molecular formula is C28H29N7O2. The lowest BCUT2D eigenvalue weighted by Crippen LogP contribution is -2.28. The van der Waals surface area contributed by atoms with E-state index in [0.29, 0.717) is 30.6 Å². The Hall–Kier alpha value is -4.24. The molecule has 188 valence electrons. The molecule has 0 bridgehead atoms. The highest BCUT2D eigenvalue weighted by molar-refractivity contribution is 5.98. The summed E-state index contributed by atoms with van der Waals surface area (Å²) in [5.74, 6) is 1.91. The number of benzene rings is 2. The molecule has 1 amide bonds. The van der Waals surface area contributed by atoms with Gasteiger partial charge in [-0.1, -0.05) is 24.3 Å². The second-order valence-electron chi connectivity index (χ2n) is 9.50. The topological polar surface area (TPSA) is 111 Å². The molecule has 1 aliphatic heterocycles. The molecule has 37 heavy (non-hydrogen) atoms. The monoisotopic (exact) mass is 495 g/mol. The molecule has 0 radical (unpaired) electrons. The van der Waals surface area contributed by atoms with Crippen LogP contribution in [-0.4, -0.2) is 56.2 Å². The summed E-state index contributed by atoms with van der Waals surface area (Å²) in [5.41, 5.74) is 8.58. The van der Waals surface area contributed by atoms with Crippen LogP contribution in [0.15, 0.2) is 73.1 Å². The number of nitrogens with two attached hydrogens (primary N) is 1. The maximum absolute atomic E-state index is 12.7. The number of rotatable bonds is 8. The number of amides is 1. The Morgan fingerprint density at radius 1 is 1.05 bits per heavy atom. The SMILES string of the molecule is Nc1ncnc2c1c(-c1ccc(Oc3ccccc3)cc1)nn2C1CCN(C(=O)/C=C/CNC2CC2)C1. The summed E-state index contributed by atoms with van der Waals surface area (Å²) in [6, 6.07) is 18.0. The van der Waals surface area contributed by atoms with Gasteiger partial charge in [0.05, 0.1) is 11.4 Å². The molecule has 2 aliphatic rings. The third-order valence-electron chi connectivity index (χ3n) is 6.81. The van der Waals surface area contributed by atoms with Gasteiger partial charge in [-0.25, -0.2) is 14.6 Å². The van der Waals surface area contributed by atoms with Gasteiger partial charge in [0.25, 0.3) is 0 Å². The molecule has 1 saturated heterocycles. The van der Waals surface area contributed by atoms with Gasteiger partial charge < -0.3 is 20.7 Å². The lowest BCUT2D eigenvalue weighted by molar-refractivity contribution is -0.125. The van der Waals surface area contributed by atoms with Crippen LogP contribution in [0.1, 0.15) is 25.3 Å². The molecule has 1 saturated carbocycles. The summed E-state index contributed by atoms with van der Waals surface area (Å²) in [4.78, 5) is 23.3. The molecule has 4 aromatic rings. The molecule has 3 N–H and O–H groups in total. The Morgan fingerprint density at radius 2 is 1.84 bits per heavy atom. The van der Waals surface area contributed by atoms with Gasteiger partial charge in [0.2, 0.25) is 5.91 Å². The summed E-state index contributed by atoms with van der Waals surface area (Å²) in [6.45, 7) is 1.97. The van der Waals surface area contributed by atoms with Crippen molar-refractivity contribution in [3.05, 3.63) is 73.1 Å². The van der Waals surface area contributed by atoms with Crippen LogP contribution < -0.4 is 15.8 Å². The second-order valence-corrected chi connectivity index (χ2v) is 9.50. The first kappa shape index (κ1) is 23.2. The molecular weight excluding hydrogens is 466 g/mol. The van der Waals surface area contributed by atoms with Crippen molar-refractivity contribution in [1.29, 1.82) is 0 Å². The van der Waals surface area contributed by atoms with E-state index in [4.69, 9.17) is 15.6 Å². The first-order valence-corrected chi connectivity index (χ1v) is 12.7. The third kappa shape index (κ3) is 5.03. The van der Waals surface area contributed by atoms with Crippen molar-refractivity contribution >= 4 is 22.8 Å². The Morgan fingerprint density at radius 3 is 2.62 bits per heavy atom. The largest absolute Gasteiger partial charge is 0.457 e. The van der Waals surface area contributed by atoms with E-state index in [0.717, 1.165) is 41.1 Å². The maximum Gasteiger partial charge on any atom is 0.246 e. The summed E-state index contributed by atoms with van der Waals surface area (Å²) in [6.07, 6.45) is 8.30. The average Bonchev–Trinajstić information content (AvgIpc) is 3.46. The molecule has 2 fully saturated rings. The number of nitrogen functional groups attached to an aromatic ring is 1. The molecule has 1 atom stereocenters. The number of hydrogen-bond acceptors (Lipinski definition) is 7. The van der Waals surface area contributed by atoms with E-state index < -0.39 is 0 Å². The zero-order valence-corrected chi connectivity index (χ0v) is 20.5. The summed E-state index contributed by atoms with van der Waals surface area (Å²) in [7, 11) is 0. The number of nitrogens with zero attached hydrogens (tertiary/aromatic N) is 5. The standard InChI is InChI=1S/C28H29N7O2/c29-27-25-26(19-8-12-23(13-9-19)37-22-5-2-1-3-6-22)33-35(28(25)32-18-31-27)21-14-16-34(17-21)24(36)7-4-15-30-20-10-11-20/h1-9,12-13,18,20-21,30H,10-11,14-17H2,(H2,29,31,32)/b7-4+. The van der Waals surface area contributed by atoms with Crippen LogP contribution in [0.4, 0.5) is 5.82 Å². The zero-order valence-electron chi connectivity index (χ0n) is 20.5. The van der Waals surface area contributed by atoms with E-state index in [1.165, 1.54) is 19.2 Å². The summed E-state index contributed by atoms with van der Waals surface area (Å²) >= 11 is 0. The number of fused-ring (bicyclic) bond motifs is 1. The van der Waals surface area contributed by atoms with Crippen LogP contribution in [0.3, 0.4) is 0 Å². The number of carbonyl (C=O) groups excluding carboxylic acids is 1. The van der Waals surface area contributed by atoms with Crippen molar-refractivity contribution in [2.24, 2.45) is 0 Å². The zero-order chi connectivity index (χ0) is 25.2. The number of anilines is 1. The normalized spacial score (nSPS) is 17.6. The van der Waals surface area contributed by atoms with Gasteiger partial charge in [-0.3, -0.25) is 4.79 Å². The lowest BCUT2D eigenvalue weighted by Gasteiger charge is -2.15. The number of likely N-dealkylation sites (tertiary alicyclic amines) is 1. The number of aromatic nitrogens is 4. The molecule has 3 heterocycles. The Bertz CT molecular complexity index is 1430. The summed E-state index contributed by atoms with van der Waals surface area (Å²) < 4.78 is 7.83. The minimum Gasteiger partial charge on any atom is -0.457 e. The highest BCUT2D eigenvalue weighted by Crippen LogP contribution is 2.35.